The molecule has 0 aromatic carbocycles. The van der Waals surface area contributed by atoms with Gasteiger partial charge in [-0.05, 0) is 37.0 Å². The SMILES string of the molecule is COC(=O)NCCCn1cc(CNC2CC2)c2cccnc21. The van der Waals surface area contributed by atoms with Crippen LogP contribution < -0.4 is 10.6 Å². The zero-order valence-electron chi connectivity index (χ0n) is 12.8. The molecule has 1 fully saturated rings. The summed E-state index contributed by atoms with van der Waals surface area (Å²) in [6, 6.07) is 4.79. The highest BCUT2D eigenvalue weighted by Gasteiger charge is 2.21. The maximum Gasteiger partial charge on any atom is 0.406 e. The normalized spacial score (nSPS) is 14.2. The van der Waals surface area contributed by atoms with E-state index in [1.54, 1.807) is 0 Å². The van der Waals surface area contributed by atoms with E-state index in [4.69, 9.17) is 0 Å². The topological polar surface area (TPSA) is 68.2 Å². The summed E-state index contributed by atoms with van der Waals surface area (Å²) in [4.78, 5) is 15.5. The number of carbonyl (C=O) groups excluding carboxylic acids is 1. The van der Waals surface area contributed by atoms with E-state index in [9.17, 15) is 4.79 Å². The maximum absolute atomic E-state index is 11.0. The van der Waals surface area contributed by atoms with Crippen LogP contribution in [-0.2, 0) is 17.8 Å². The summed E-state index contributed by atoms with van der Waals surface area (Å²) in [5.74, 6) is 0. The van der Waals surface area contributed by atoms with E-state index in [0.717, 1.165) is 25.2 Å². The van der Waals surface area contributed by atoms with Crippen molar-refractivity contribution in [3.8, 4) is 0 Å². The minimum absolute atomic E-state index is 0.384. The number of alkyl carbamates (subject to hydrolysis) is 1. The number of fused-ring (bicyclic) bond motifs is 1. The van der Waals surface area contributed by atoms with Crippen LogP contribution in [0, 0.1) is 0 Å². The fraction of sp³-hybridized carbons (Fsp3) is 0.500. The van der Waals surface area contributed by atoms with E-state index in [-0.39, 0.29) is 6.09 Å². The molecule has 0 aliphatic heterocycles. The van der Waals surface area contributed by atoms with Gasteiger partial charge in [0.1, 0.15) is 5.65 Å². The van der Waals surface area contributed by atoms with Crippen molar-refractivity contribution in [3.05, 3.63) is 30.1 Å². The molecule has 0 spiro atoms. The van der Waals surface area contributed by atoms with Crippen molar-refractivity contribution in [3.63, 3.8) is 0 Å². The Balaban J connectivity index is 1.64. The molecule has 22 heavy (non-hydrogen) atoms. The third-order valence-electron chi connectivity index (χ3n) is 3.91. The van der Waals surface area contributed by atoms with Gasteiger partial charge in [-0.3, -0.25) is 0 Å². The molecule has 1 aliphatic carbocycles. The summed E-state index contributed by atoms with van der Waals surface area (Å²) in [6.45, 7) is 2.30. The van der Waals surface area contributed by atoms with E-state index in [0.29, 0.717) is 12.6 Å². The molecular weight excluding hydrogens is 280 g/mol. The van der Waals surface area contributed by atoms with Crippen molar-refractivity contribution in [2.75, 3.05) is 13.7 Å². The Labute approximate surface area is 129 Å². The number of aromatic nitrogens is 2. The van der Waals surface area contributed by atoms with Crippen molar-refractivity contribution in [1.29, 1.82) is 0 Å². The molecule has 2 aromatic rings. The van der Waals surface area contributed by atoms with Gasteiger partial charge in [0.25, 0.3) is 0 Å². The molecule has 6 heteroatoms. The zero-order chi connectivity index (χ0) is 15.4. The smallest absolute Gasteiger partial charge is 0.406 e. The average Bonchev–Trinajstić information content (AvgIpc) is 3.31. The lowest BCUT2D eigenvalue weighted by Gasteiger charge is -2.05. The molecule has 3 rings (SSSR count). The number of methoxy groups -OCH3 is 1. The first kappa shape index (κ1) is 14.8. The van der Waals surface area contributed by atoms with Crippen LogP contribution in [-0.4, -0.2) is 35.3 Å². The number of hydrogen-bond donors (Lipinski definition) is 2. The van der Waals surface area contributed by atoms with Gasteiger partial charge in [-0.25, -0.2) is 9.78 Å². The molecule has 0 saturated heterocycles. The minimum Gasteiger partial charge on any atom is -0.453 e. The largest absolute Gasteiger partial charge is 0.453 e. The molecule has 0 unspecified atom stereocenters. The molecule has 1 aliphatic rings. The van der Waals surface area contributed by atoms with Crippen LogP contribution in [0.25, 0.3) is 11.0 Å². The number of aryl methyl sites for hydroxylation is 1. The molecule has 1 amide bonds. The number of rotatable bonds is 7. The van der Waals surface area contributed by atoms with E-state index in [2.05, 4.69) is 37.2 Å². The van der Waals surface area contributed by atoms with Crippen LogP contribution in [0.15, 0.2) is 24.5 Å². The lowest BCUT2D eigenvalue weighted by molar-refractivity contribution is 0.171. The average molecular weight is 302 g/mol. The van der Waals surface area contributed by atoms with Crippen LogP contribution in [0.4, 0.5) is 4.79 Å². The Morgan fingerprint density at radius 1 is 1.50 bits per heavy atom. The van der Waals surface area contributed by atoms with Gasteiger partial charge in [-0.2, -0.15) is 0 Å². The Kier molecular flexibility index (Phi) is 4.58. The first-order valence-corrected chi connectivity index (χ1v) is 7.76. The summed E-state index contributed by atoms with van der Waals surface area (Å²) in [6.07, 6.45) is 7.02. The summed E-state index contributed by atoms with van der Waals surface area (Å²) in [5, 5.41) is 7.46. The number of nitrogens with zero attached hydrogens (tertiary/aromatic N) is 2. The standard InChI is InChI=1S/C16H22N4O2/c1-22-16(21)18-8-3-9-20-11-12(10-19-13-5-6-13)14-4-2-7-17-15(14)20/h2,4,7,11,13,19H,3,5-6,8-10H2,1H3,(H,18,21). The predicted molar refractivity (Wildman–Crippen MR) is 84.6 cm³/mol. The summed E-state index contributed by atoms with van der Waals surface area (Å²) >= 11 is 0. The van der Waals surface area contributed by atoms with Crippen LogP contribution in [0.5, 0.6) is 0 Å². The Morgan fingerprint density at radius 2 is 2.36 bits per heavy atom. The minimum atomic E-state index is -0.384. The van der Waals surface area contributed by atoms with Crippen LogP contribution in [0.2, 0.25) is 0 Å². The summed E-state index contributed by atoms with van der Waals surface area (Å²) in [7, 11) is 1.37. The quantitative estimate of drug-likeness (QED) is 0.768. The molecular formula is C16H22N4O2. The number of hydrogen-bond acceptors (Lipinski definition) is 4. The highest BCUT2D eigenvalue weighted by atomic mass is 16.5. The summed E-state index contributed by atoms with van der Waals surface area (Å²) in [5.41, 5.74) is 2.30. The highest BCUT2D eigenvalue weighted by Crippen LogP contribution is 2.23. The van der Waals surface area contributed by atoms with E-state index >= 15 is 0 Å². The molecule has 0 radical (unpaired) electrons. The van der Waals surface area contributed by atoms with E-state index in [1.807, 2.05) is 12.3 Å². The van der Waals surface area contributed by atoms with Gasteiger partial charge in [0.05, 0.1) is 7.11 Å². The van der Waals surface area contributed by atoms with Crippen molar-refractivity contribution >= 4 is 17.1 Å². The fourth-order valence-corrected chi connectivity index (χ4v) is 2.56. The number of amides is 1. The van der Waals surface area contributed by atoms with Gasteiger partial charge in [-0.1, -0.05) is 0 Å². The number of pyridine rings is 1. The molecule has 0 bridgehead atoms. The van der Waals surface area contributed by atoms with Gasteiger partial charge in [0.15, 0.2) is 0 Å². The van der Waals surface area contributed by atoms with Crippen molar-refractivity contribution < 1.29 is 9.53 Å². The van der Waals surface area contributed by atoms with E-state index in [1.165, 1.54) is 30.9 Å². The second-order valence-electron chi connectivity index (χ2n) is 5.65. The predicted octanol–water partition coefficient (Wildman–Crippen LogP) is 2.03. The van der Waals surface area contributed by atoms with Gasteiger partial charge in [0.2, 0.25) is 0 Å². The first-order valence-electron chi connectivity index (χ1n) is 7.76. The van der Waals surface area contributed by atoms with Crippen molar-refractivity contribution in [2.24, 2.45) is 0 Å². The fourth-order valence-electron chi connectivity index (χ4n) is 2.56. The van der Waals surface area contributed by atoms with Crippen LogP contribution in [0.3, 0.4) is 0 Å². The van der Waals surface area contributed by atoms with Gasteiger partial charge >= 0.3 is 6.09 Å². The first-order chi connectivity index (χ1) is 10.8. The third kappa shape index (κ3) is 3.57. The van der Waals surface area contributed by atoms with Crippen molar-refractivity contribution in [2.45, 2.75) is 38.4 Å². The molecule has 2 N–H and O–H groups in total. The molecule has 118 valence electrons. The second-order valence-corrected chi connectivity index (χ2v) is 5.65. The monoisotopic (exact) mass is 302 g/mol. The maximum atomic E-state index is 11.0. The third-order valence-corrected chi connectivity index (χ3v) is 3.91. The van der Waals surface area contributed by atoms with Crippen LogP contribution in [0.1, 0.15) is 24.8 Å². The van der Waals surface area contributed by atoms with Gasteiger partial charge < -0.3 is 19.9 Å². The second kappa shape index (κ2) is 6.79. The lowest BCUT2D eigenvalue weighted by atomic mass is 10.2. The Bertz CT molecular complexity index is 649. The Morgan fingerprint density at radius 3 is 3.14 bits per heavy atom. The van der Waals surface area contributed by atoms with Gasteiger partial charge in [-0.15, -0.1) is 0 Å². The number of nitrogens with one attached hydrogen (secondary N) is 2. The lowest BCUT2D eigenvalue weighted by Crippen LogP contribution is -2.24. The van der Waals surface area contributed by atoms with Crippen LogP contribution >= 0.6 is 0 Å². The number of carbonyl (C=O) groups is 1. The molecule has 2 heterocycles. The highest BCUT2D eigenvalue weighted by molar-refractivity contribution is 5.80. The summed E-state index contributed by atoms with van der Waals surface area (Å²) < 4.78 is 6.72. The molecule has 6 nitrogen and oxygen atoms in total. The van der Waals surface area contributed by atoms with Gasteiger partial charge in [0, 0.05) is 43.5 Å². The van der Waals surface area contributed by atoms with E-state index < -0.39 is 0 Å². The van der Waals surface area contributed by atoms with Crippen molar-refractivity contribution in [1.82, 2.24) is 20.2 Å². The zero-order valence-corrected chi connectivity index (χ0v) is 12.8. The molecule has 2 aromatic heterocycles. The number of ether oxygens (including phenoxy) is 1. The molecule has 0 atom stereocenters. The molecule has 1 saturated carbocycles. The Hall–Kier alpha value is -2.08.